The number of aliphatic carboxylic acids is 1. The first-order valence-corrected chi connectivity index (χ1v) is 5.33. The lowest BCUT2D eigenvalue weighted by Crippen LogP contribution is -2.47. The summed E-state index contributed by atoms with van der Waals surface area (Å²) in [5.74, 6) is -0.990. The zero-order valence-electron chi connectivity index (χ0n) is 10.1. The first-order valence-electron chi connectivity index (χ1n) is 5.33. The number of nitrogens with zero attached hydrogens (tertiary/aromatic N) is 1. The van der Waals surface area contributed by atoms with Gasteiger partial charge in [0, 0.05) is 12.3 Å². The van der Waals surface area contributed by atoms with E-state index in [1.807, 2.05) is 13.8 Å². The molecule has 0 aliphatic carbocycles. The van der Waals surface area contributed by atoms with Gasteiger partial charge >= 0.3 is 11.7 Å². The van der Waals surface area contributed by atoms with Crippen LogP contribution < -0.4 is 11.2 Å². The predicted octanol–water partition coefficient (Wildman–Crippen LogP) is 0.383. The first kappa shape index (κ1) is 13.2. The van der Waals surface area contributed by atoms with Crippen molar-refractivity contribution in [3.8, 4) is 0 Å². The van der Waals surface area contributed by atoms with Crippen LogP contribution in [0.5, 0.6) is 0 Å². The van der Waals surface area contributed by atoms with Gasteiger partial charge < -0.3 is 5.11 Å². The Kier molecular flexibility index (Phi) is 3.55. The Morgan fingerprint density at radius 1 is 1.53 bits per heavy atom. The van der Waals surface area contributed by atoms with E-state index >= 15 is 0 Å². The van der Waals surface area contributed by atoms with Crippen molar-refractivity contribution in [3.05, 3.63) is 33.1 Å². The average molecular weight is 240 g/mol. The molecule has 6 nitrogen and oxygen atoms in total. The Hall–Kier alpha value is -1.85. The van der Waals surface area contributed by atoms with Crippen molar-refractivity contribution in [2.75, 3.05) is 0 Å². The third kappa shape index (κ3) is 2.64. The van der Waals surface area contributed by atoms with Crippen molar-refractivity contribution < 1.29 is 9.90 Å². The van der Waals surface area contributed by atoms with Crippen LogP contribution in [0.3, 0.4) is 0 Å². The number of carboxylic acids is 1. The summed E-state index contributed by atoms with van der Waals surface area (Å²) in [6.45, 7) is 5.21. The highest BCUT2D eigenvalue weighted by atomic mass is 16.4. The fourth-order valence-corrected chi connectivity index (χ4v) is 1.89. The van der Waals surface area contributed by atoms with Crippen LogP contribution in [0.15, 0.2) is 21.9 Å². The molecule has 0 fully saturated rings. The second kappa shape index (κ2) is 4.57. The number of H-pyrrole nitrogens is 1. The summed E-state index contributed by atoms with van der Waals surface area (Å²) < 4.78 is 1.05. The van der Waals surface area contributed by atoms with E-state index in [-0.39, 0.29) is 5.92 Å². The number of carbonyl (C=O) groups is 1. The summed E-state index contributed by atoms with van der Waals surface area (Å²) in [6, 6.07) is 1.14. The van der Waals surface area contributed by atoms with E-state index < -0.39 is 22.8 Å². The van der Waals surface area contributed by atoms with Crippen LogP contribution in [0.25, 0.3) is 0 Å². The molecular formula is C11H16N2O4. The molecule has 0 saturated carbocycles. The molecule has 1 unspecified atom stereocenters. The molecule has 0 aliphatic heterocycles. The molecule has 94 valence electrons. The van der Waals surface area contributed by atoms with Gasteiger partial charge in [-0.25, -0.2) is 9.59 Å². The van der Waals surface area contributed by atoms with Gasteiger partial charge in [-0.05, 0) is 19.3 Å². The quantitative estimate of drug-likeness (QED) is 0.795. The molecule has 0 amide bonds. The minimum Gasteiger partial charge on any atom is -0.479 e. The van der Waals surface area contributed by atoms with E-state index in [4.69, 9.17) is 0 Å². The van der Waals surface area contributed by atoms with Crippen LogP contribution in [0.4, 0.5) is 0 Å². The highest BCUT2D eigenvalue weighted by Crippen LogP contribution is 2.23. The van der Waals surface area contributed by atoms with E-state index in [0.29, 0.717) is 6.42 Å². The molecule has 1 heterocycles. The summed E-state index contributed by atoms with van der Waals surface area (Å²) in [5, 5.41) is 9.28. The molecule has 1 aromatic rings. The van der Waals surface area contributed by atoms with Crippen molar-refractivity contribution >= 4 is 5.97 Å². The molecule has 1 atom stereocenters. The highest BCUT2D eigenvalue weighted by molar-refractivity contribution is 5.76. The maximum absolute atomic E-state index is 11.6. The van der Waals surface area contributed by atoms with Gasteiger partial charge in [0.25, 0.3) is 5.56 Å². The first-order chi connectivity index (χ1) is 7.77. The number of hydrogen-bond acceptors (Lipinski definition) is 3. The van der Waals surface area contributed by atoms with Gasteiger partial charge in [-0.1, -0.05) is 13.8 Å². The van der Waals surface area contributed by atoms with Gasteiger partial charge in [-0.2, -0.15) is 0 Å². The molecule has 1 aromatic heterocycles. The fourth-order valence-electron chi connectivity index (χ4n) is 1.89. The molecule has 0 radical (unpaired) electrons. The van der Waals surface area contributed by atoms with E-state index in [1.54, 1.807) is 0 Å². The van der Waals surface area contributed by atoms with Gasteiger partial charge in [0.15, 0.2) is 0 Å². The standard InChI is InChI=1S/C11H16N2O4/c1-7(2)6-11(3,9(15)16)13-5-4-8(14)12-10(13)17/h4-5,7H,6H2,1-3H3,(H,15,16)(H,12,14,17). The lowest BCUT2D eigenvalue weighted by Gasteiger charge is -2.28. The van der Waals surface area contributed by atoms with Crippen molar-refractivity contribution in [2.24, 2.45) is 5.92 Å². The van der Waals surface area contributed by atoms with E-state index in [2.05, 4.69) is 4.98 Å². The summed E-state index contributed by atoms with van der Waals surface area (Å²) in [5.41, 5.74) is -2.60. The zero-order chi connectivity index (χ0) is 13.2. The predicted molar refractivity (Wildman–Crippen MR) is 62.1 cm³/mol. The summed E-state index contributed by atoms with van der Waals surface area (Å²) in [6.07, 6.45) is 1.52. The number of aromatic nitrogens is 2. The van der Waals surface area contributed by atoms with Crippen LogP contribution in [0.2, 0.25) is 0 Å². The smallest absolute Gasteiger partial charge is 0.329 e. The molecular weight excluding hydrogens is 224 g/mol. The Labute approximate surface area is 97.9 Å². The number of hydrogen-bond donors (Lipinski definition) is 2. The van der Waals surface area contributed by atoms with Crippen molar-refractivity contribution in [1.82, 2.24) is 9.55 Å². The number of nitrogens with one attached hydrogen (secondary N) is 1. The Balaban J connectivity index is 3.37. The van der Waals surface area contributed by atoms with Crippen LogP contribution in [-0.4, -0.2) is 20.6 Å². The van der Waals surface area contributed by atoms with Gasteiger partial charge in [0.2, 0.25) is 0 Å². The Morgan fingerprint density at radius 3 is 2.53 bits per heavy atom. The van der Waals surface area contributed by atoms with E-state index in [9.17, 15) is 19.5 Å². The van der Waals surface area contributed by atoms with Crippen LogP contribution >= 0.6 is 0 Å². The van der Waals surface area contributed by atoms with Crippen molar-refractivity contribution in [3.63, 3.8) is 0 Å². The molecule has 0 aromatic carbocycles. The molecule has 17 heavy (non-hydrogen) atoms. The second-order valence-electron chi connectivity index (χ2n) is 4.66. The zero-order valence-corrected chi connectivity index (χ0v) is 10.1. The summed E-state index contributed by atoms with van der Waals surface area (Å²) in [7, 11) is 0. The molecule has 1 rings (SSSR count). The minimum atomic E-state index is -1.35. The largest absolute Gasteiger partial charge is 0.479 e. The number of rotatable bonds is 4. The third-order valence-electron chi connectivity index (χ3n) is 2.62. The van der Waals surface area contributed by atoms with Gasteiger partial charge in [-0.3, -0.25) is 14.3 Å². The normalized spacial score (nSPS) is 14.6. The monoisotopic (exact) mass is 240 g/mol. The number of aromatic amines is 1. The molecule has 0 saturated heterocycles. The number of carboxylic acid groups (broad SMARTS) is 1. The van der Waals surface area contributed by atoms with Gasteiger partial charge in [0.1, 0.15) is 5.54 Å². The van der Waals surface area contributed by atoms with Gasteiger partial charge in [0.05, 0.1) is 0 Å². The van der Waals surface area contributed by atoms with Crippen molar-refractivity contribution in [1.29, 1.82) is 0 Å². The Bertz CT molecular complexity index is 529. The van der Waals surface area contributed by atoms with Crippen molar-refractivity contribution in [2.45, 2.75) is 32.7 Å². The topological polar surface area (TPSA) is 92.2 Å². The van der Waals surface area contributed by atoms with Crippen LogP contribution in [0.1, 0.15) is 27.2 Å². The van der Waals surface area contributed by atoms with Gasteiger partial charge in [-0.15, -0.1) is 0 Å². The Morgan fingerprint density at radius 2 is 2.12 bits per heavy atom. The molecule has 0 aliphatic rings. The maximum atomic E-state index is 11.6. The van der Waals surface area contributed by atoms with Crippen LogP contribution in [-0.2, 0) is 10.3 Å². The molecule has 0 spiro atoms. The summed E-state index contributed by atoms with van der Waals surface area (Å²) >= 11 is 0. The maximum Gasteiger partial charge on any atom is 0.329 e. The average Bonchev–Trinajstić information content (AvgIpc) is 2.15. The highest BCUT2D eigenvalue weighted by Gasteiger charge is 2.36. The molecule has 0 bridgehead atoms. The third-order valence-corrected chi connectivity index (χ3v) is 2.62. The lowest BCUT2D eigenvalue weighted by molar-refractivity contribution is -0.147. The summed E-state index contributed by atoms with van der Waals surface area (Å²) in [4.78, 5) is 36.0. The van der Waals surface area contributed by atoms with Crippen LogP contribution in [0, 0.1) is 5.92 Å². The molecule has 6 heteroatoms. The minimum absolute atomic E-state index is 0.106. The van der Waals surface area contributed by atoms with E-state index in [1.165, 1.54) is 13.1 Å². The SMILES string of the molecule is CC(C)CC(C)(C(=O)O)n1ccc(=O)[nH]c1=O. The van der Waals surface area contributed by atoms with E-state index in [0.717, 1.165) is 10.6 Å². The fraction of sp³-hybridized carbons (Fsp3) is 0.545. The molecule has 2 N–H and O–H groups in total. The second-order valence-corrected chi connectivity index (χ2v) is 4.66. The lowest BCUT2D eigenvalue weighted by atomic mass is 9.90.